The zero-order chi connectivity index (χ0) is 17.8. The van der Waals surface area contributed by atoms with Crippen LogP contribution in [0.5, 0.6) is 0 Å². The minimum Gasteiger partial charge on any atom is -0.387 e. The van der Waals surface area contributed by atoms with Crippen LogP contribution in [0.2, 0.25) is 0 Å². The van der Waals surface area contributed by atoms with Crippen LogP contribution in [0.1, 0.15) is 24.5 Å². The first-order chi connectivity index (χ1) is 12.0. The molecule has 2 heterocycles. The topological polar surface area (TPSA) is 52.5 Å². The Morgan fingerprint density at radius 3 is 2.68 bits per heavy atom. The molecule has 0 amide bonds. The quantitative estimate of drug-likeness (QED) is 0.899. The Hall–Kier alpha value is -2.12. The van der Waals surface area contributed by atoms with E-state index in [0.29, 0.717) is 12.6 Å². The largest absolute Gasteiger partial charge is 0.387 e. The molecule has 0 aliphatic carbocycles. The van der Waals surface area contributed by atoms with Crippen LogP contribution in [0.3, 0.4) is 0 Å². The summed E-state index contributed by atoms with van der Waals surface area (Å²) in [5, 5.41) is 18.3. The van der Waals surface area contributed by atoms with Gasteiger partial charge < -0.3 is 14.9 Å². The molecule has 25 heavy (non-hydrogen) atoms. The molecule has 1 aliphatic heterocycles. The van der Waals surface area contributed by atoms with Crippen molar-refractivity contribution in [2.45, 2.75) is 25.0 Å². The number of hydrogen-bond acceptors (Lipinski definition) is 5. The predicted molar refractivity (Wildman–Crippen MR) is 91.2 cm³/mol. The summed E-state index contributed by atoms with van der Waals surface area (Å²) in [6.07, 6.45) is 2.53. The second-order valence-electron chi connectivity index (χ2n) is 6.41. The van der Waals surface area contributed by atoms with Crippen molar-refractivity contribution < 1.29 is 13.9 Å². The van der Waals surface area contributed by atoms with Crippen LogP contribution in [0.4, 0.5) is 14.6 Å². The highest BCUT2D eigenvalue weighted by molar-refractivity contribution is 5.36. The normalized spacial score (nSPS) is 17.4. The van der Waals surface area contributed by atoms with Crippen molar-refractivity contribution in [2.75, 3.05) is 31.6 Å². The maximum Gasteiger partial charge on any atom is 0.151 e. The molecule has 3 rings (SSSR count). The molecule has 1 unspecified atom stereocenters. The molecule has 1 atom stereocenters. The van der Waals surface area contributed by atoms with Crippen molar-refractivity contribution >= 4 is 5.82 Å². The first-order valence-corrected chi connectivity index (χ1v) is 8.40. The van der Waals surface area contributed by atoms with E-state index in [4.69, 9.17) is 0 Å². The second-order valence-corrected chi connectivity index (χ2v) is 6.41. The van der Waals surface area contributed by atoms with Crippen molar-refractivity contribution in [3.8, 4) is 0 Å². The fourth-order valence-corrected chi connectivity index (χ4v) is 3.27. The van der Waals surface area contributed by atoms with E-state index in [2.05, 4.69) is 20.0 Å². The van der Waals surface area contributed by atoms with E-state index in [1.165, 1.54) is 12.1 Å². The minimum absolute atomic E-state index is 0.139. The lowest BCUT2D eigenvalue weighted by atomic mass is 10.0. The molecule has 1 N–H and O–H groups in total. The van der Waals surface area contributed by atoms with Crippen molar-refractivity contribution in [3.05, 3.63) is 53.7 Å². The Balaban J connectivity index is 1.54. The fraction of sp³-hybridized carbons (Fsp3) is 0.444. The average Bonchev–Trinajstić information content (AvgIpc) is 2.62. The predicted octanol–water partition coefficient (Wildman–Crippen LogP) is 2.39. The molecule has 0 bridgehead atoms. The smallest absolute Gasteiger partial charge is 0.151 e. The van der Waals surface area contributed by atoms with E-state index in [1.807, 2.05) is 19.2 Å². The van der Waals surface area contributed by atoms with Gasteiger partial charge in [0.2, 0.25) is 0 Å². The van der Waals surface area contributed by atoms with E-state index in [9.17, 15) is 13.9 Å². The van der Waals surface area contributed by atoms with E-state index in [1.54, 1.807) is 6.20 Å². The fourth-order valence-electron chi connectivity index (χ4n) is 3.27. The number of β-amino-alcohol motifs (C(OH)–C–C–N with tert-alkyl or cyclic N) is 1. The molecule has 1 saturated heterocycles. The average molecular weight is 348 g/mol. The minimum atomic E-state index is -0.963. The van der Waals surface area contributed by atoms with Gasteiger partial charge >= 0.3 is 0 Å². The van der Waals surface area contributed by atoms with Gasteiger partial charge in [0.15, 0.2) is 5.82 Å². The molecule has 5 nitrogen and oxygen atoms in total. The number of aliphatic hydroxyl groups is 1. The molecule has 1 aliphatic rings. The number of rotatable bonds is 5. The van der Waals surface area contributed by atoms with Gasteiger partial charge in [0.25, 0.3) is 0 Å². The van der Waals surface area contributed by atoms with Gasteiger partial charge in [0.05, 0.1) is 6.10 Å². The Kier molecular flexibility index (Phi) is 5.55. The third-order valence-electron chi connectivity index (χ3n) is 4.78. The molecule has 1 aromatic carbocycles. The van der Waals surface area contributed by atoms with Crippen LogP contribution in [0.25, 0.3) is 0 Å². The lowest BCUT2D eigenvalue weighted by Crippen LogP contribution is -2.44. The molecule has 0 spiro atoms. The number of nitrogens with zero attached hydrogens (tertiary/aromatic N) is 4. The lowest BCUT2D eigenvalue weighted by molar-refractivity contribution is 0.0946. The summed E-state index contributed by atoms with van der Waals surface area (Å²) in [5.74, 6) is -0.500. The van der Waals surface area contributed by atoms with Gasteiger partial charge in [0, 0.05) is 50.6 Å². The van der Waals surface area contributed by atoms with Crippen LogP contribution < -0.4 is 4.90 Å². The molecular formula is C18H22F2N4O. The number of anilines is 1. The summed E-state index contributed by atoms with van der Waals surface area (Å²) >= 11 is 0. The maximum absolute atomic E-state index is 13.8. The summed E-state index contributed by atoms with van der Waals surface area (Å²) in [5.41, 5.74) is 0.139. The van der Waals surface area contributed by atoms with Gasteiger partial charge in [-0.15, -0.1) is 5.10 Å². The zero-order valence-electron chi connectivity index (χ0n) is 14.1. The number of aliphatic hydroxyl groups excluding tert-OH is 1. The lowest BCUT2D eigenvalue weighted by Gasteiger charge is -2.37. The van der Waals surface area contributed by atoms with Gasteiger partial charge in [0.1, 0.15) is 11.6 Å². The molecule has 1 aromatic heterocycles. The van der Waals surface area contributed by atoms with Gasteiger partial charge in [-0.2, -0.15) is 5.10 Å². The Morgan fingerprint density at radius 1 is 1.28 bits per heavy atom. The third-order valence-corrected chi connectivity index (χ3v) is 4.78. The van der Waals surface area contributed by atoms with Crippen LogP contribution in [0.15, 0.2) is 36.5 Å². The highest BCUT2D eigenvalue weighted by Crippen LogP contribution is 2.23. The van der Waals surface area contributed by atoms with Crippen molar-refractivity contribution in [2.24, 2.45) is 0 Å². The summed E-state index contributed by atoms with van der Waals surface area (Å²) in [6, 6.07) is 7.43. The summed E-state index contributed by atoms with van der Waals surface area (Å²) in [4.78, 5) is 4.23. The van der Waals surface area contributed by atoms with Gasteiger partial charge in [-0.1, -0.05) is 6.07 Å². The molecule has 0 radical (unpaired) electrons. The molecule has 7 heteroatoms. The van der Waals surface area contributed by atoms with Crippen LogP contribution in [-0.4, -0.2) is 52.9 Å². The third kappa shape index (κ3) is 4.29. The number of aromatic nitrogens is 2. The van der Waals surface area contributed by atoms with Crippen LogP contribution in [0, 0.1) is 11.6 Å². The highest BCUT2D eigenvalue weighted by atomic mass is 19.1. The van der Waals surface area contributed by atoms with Crippen LogP contribution in [-0.2, 0) is 0 Å². The number of hydrogen-bond donors (Lipinski definition) is 1. The number of benzene rings is 1. The van der Waals surface area contributed by atoms with E-state index >= 15 is 0 Å². The highest BCUT2D eigenvalue weighted by Gasteiger charge is 2.25. The maximum atomic E-state index is 13.8. The molecule has 0 saturated carbocycles. The second kappa shape index (κ2) is 7.84. The molecule has 1 fully saturated rings. The summed E-state index contributed by atoms with van der Waals surface area (Å²) in [6.45, 7) is 1.94. The number of piperidine rings is 1. The monoisotopic (exact) mass is 348 g/mol. The molecule has 2 aromatic rings. The summed E-state index contributed by atoms with van der Waals surface area (Å²) in [7, 11) is 2.01. The van der Waals surface area contributed by atoms with Gasteiger partial charge in [-0.05, 0) is 31.0 Å². The standard InChI is InChI=1S/C18H22F2N4O/c1-23(18-3-2-8-21-22-18)14-6-9-24(10-7-14)12-17(25)15-5-4-13(19)11-16(15)20/h2-5,8,11,14,17,25H,6-7,9-10,12H2,1H3. The first kappa shape index (κ1) is 17.7. The summed E-state index contributed by atoms with van der Waals surface area (Å²) < 4.78 is 26.8. The number of likely N-dealkylation sites (tertiary alicyclic amines) is 1. The van der Waals surface area contributed by atoms with Gasteiger partial charge in [-0.3, -0.25) is 0 Å². The Labute approximate surface area is 145 Å². The van der Waals surface area contributed by atoms with Gasteiger partial charge in [-0.25, -0.2) is 8.78 Å². The van der Waals surface area contributed by atoms with E-state index < -0.39 is 17.7 Å². The van der Waals surface area contributed by atoms with E-state index in [0.717, 1.165) is 37.8 Å². The van der Waals surface area contributed by atoms with Crippen molar-refractivity contribution in [1.29, 1.82) is 0 Å². The first-order valence-electron chi connectivity index (χ1n) is 8.40. The van der Waals surface area contributed by atoms with Crippen molar-refractivity contribution in [1.82, 2.24) is 15.1 Å². The van der Waals surface area contributed by atoms with Crippen LogP contribution >= 0.6 is 0 Å². The Bertz CT molecular complexity index is 693. The zero-order valence-corrected chi connectivity index (χ0v) is 14.1. The number of halogens is 2. The Morgan fingerprint density at radius 2 is 2.04 bits per heavy atom. The molecule has 134 valence electrons. The van der Waals surface area contributed by atoms with Crippen molar-refractivity contribution in [3.63, 3.8) is 0 Å². The molecular weight excluding hydrogens is 326 g/mol. The SMILES string of the molecule is CN(c1cccnn1)C1CCN(CC(O)c2ccc(F)cc2F)CC1. The van der Waals surface area contributed by atoms with E-state index in [-0.39, 0.29) is 5.56 Å².